The number of nitrogen functional groups attached to an aromatic ring is 1. The molecule has 0 atom stereocenters. The first kappa shape index (κ1) is 14.4. The van der Waals surface area contributed by atoms with Gasteiger partial charge in [0.2, 0.25) is 5.88 Å². The Kier molecular flexibility index (Phi) is 5.39. The molecule has 8 heteroatoms. The van der Waals surface area contributed by atoms with E-state index >= 15 is 0 Å². The van der Waals surface area contributed by atoms with Crippen molar-refractivity contribution in [1.29, 1.82) is 0 Å². The molecule has 0 spiro atoms. The van der Waals surface area contributed by atoms with Gasteiger partial charge in [-0.05, 0) is 20.8 Å². The highest BCUT2D eigenvalue weighted by Crippen LogP contribution is 2.51. The van der Waals surface area contributed by atoms with Crippen LogP contribution in [0.4, 0.5) is 5.13 Å². The third-order valence-electron chi connectivity index (χ3n) is 1.72. The molecule has 1 rings (SSSR count). The Morgan fingerprint density at radius 2 is 1.82 bits per heavy atom. The molecular weight excluding hydrogens is 263 g/mol. The fraction of sp³-hybridized carbons (Fsp3) is 0.667. The zero-order chi connectivity index (χ0) is 12.9. The van der Waals surface area contributed by atoms with Crippen LogP contribution >= 0.6 is 18.9 Å². The van der Waals surface area contributed by atoms with E-state index in [1.807, 2.05) is 6.92 Å². The molecule has 0 bridgehead atoms. The smallest absolute Gasteiger partial charge is 0.376 e. The van der Waals surface area contributed by atoms with E-state index in [0.29, 0.717) is 11.2 Å². The second kappa shape index (κ2) is 6.35. The molecule has 0 radical (unpaired) electrons. The fourth-order valence-corrected chi connectivity index (χ4v) is 4.11. The molecule has 0 aromatic carbocycles. The molecule has 1 aromatic rings. The minimum atomic E-state index is -3.37. The summed E-state index contributed by atoms with van der Waals surface area (Å²) in [6, 6.07) is 0. The van der Waals surface area contributed by atoms with Gasteiger partial charge in [-0.15, -0.1) is 0 Å². The Morgan fingerprint density at radius 1 is 1.24 bits per heavy atom. The first-order chi connectivity index (χ1) is 8.07. The largest absolute Gasteiger partial charge is 0.477 e. The van der Waals surface area contributed by atoms with E-state index in [4.69, 9.17) is 19.5 Å². The number of hydrogen-bond acceptors (Lipinski definition) is 7. The summed E-state index contributed by atoms with van der Waals surface area (Å²) in [4.78, 5) is 3.97. The van der Waals surface area contributed by atoms with Gasteiger partial charge in [0, 0.05) is 0 Å². The highest BCUT2D eigenvalue weighted by Gasteiger charge is 2.34. The third-order valence-corrected chi connectivity index (χ3v) is 5.22. The Hall–Kier alpha value is -0.620. The quantitative estimate of drug-likeness (QED) is 0.769. The summed E-state index contributed by atoms with van der Waals surface area (Å²) in [7, 11) is -3.37. The van der Waals surface area contributed by atoms with E-state index in [2.05, 4.69) is 4.98 Å². The lowest BCUT2D eigenvalue weighted by atomic mass is 10.8. The molecule has 0 amide bonds. The van der Waals surface area contributed by atoms with E-state index in [1.165, 1.54) is 0 Å². The zero-order valence-electron chi connectivity index (χ0n) is 10.1. The monoisotopic (exact) mass is 280 g/mol. The average molecular weight is 280 g/mol. The molecule has 1 heterocycles. The maximum absolute atomic E-state index is 12.5. The van der Waals surface area contributed by atoms with Crippen LogP contribution in [0, 0.1) is 0 Å². The molecule has 98 valence electrons. The Bertz CT molecular complexity index is 400. The van der Waals surface area contributed by atoms with Crippen LogP contribution in [0.5, 0.6) is 5.88 Å². The van der Waals surface area contributed by atoms with Gasteiger partial charge in [0.15, 0.2) is 9.75 Å². The van der Waals surface area contributed by atoms with Crippen LogP contribution in [0.3, 0.4) is 0 Å². The maximum atomic E-state index is 12.5. The molecule has 17 heavy (non-hydrogen) atoms. The van der Waals surface area contributed by atoms with Crippen LogP contribution in [0.25, 0.3) is 0 Å². The van der Waals surface area contributed by atoms with Crippen molar-refractivity contribution in [2.24, 2.45) is 0 Å². The second-order valence-electron chi connectivity index (χ2n) is 2.93. The van der Waals surface area contributed by atoms with Crippen molar-refractivity contribution in [3.05, 3.63) is 0 Å². The van der Waals surface area contributed by atoms with E-state index in [1.54, 1.807) is 13.8 Å². The van der Waals surface area contributed by atoms with Crippen LogP contribution in [0.15, 0.2) is 0 Å². The lowest BCUT2D eigenvalue weighted by Gasteiger charge is -2.15. The molecule has 6 nitrogen and oxygen atoms in total. The van der Waals surface area contributed by atoms with Gasteiger partial charge >= 0.3 is 7.60 Å². The third kappa shape index (κ3) is 3.42. The van der Waals surface area contributed by atoms with Crippen LogP contribution in [-0.2, 0) is 13.6 Å². The molecule has 1 aromatic heterocycles. The summed E-state index contributed by atoms with van der Waals surface area (Å²) in [5, 5.41) is 0.281. The molecular formula is C9H17N2O4PS. The van der Waals surface area contributed by atoms with Crippen LogP contribution < -0.4 is 15.1 Å². The average Bonchev–Trinajstić information content (AvgIpc) is 2.61. The van der Waals surface area contributed by atoms with Gasteiger partial charge in [-0.1, -0.05) is 11.3 Å². The number of nitrogens with zero attached hydrogens (tertiary/aromatic N) is 1. The number of thiazole rings is 1. The number of anilines is 1. The van der Waals surface area contributed by atoms with Crippen LogP contribution in [-0.4, -0.2) is 24.8 Å². The highest BCUT2D eigenvalue weighted by molar-refractivity contribution is 7.69. The number of hydrogen-bond donors (Lipinski definition) is 1. The van der Waals surface area contributed by atoms with E-state index in [9.17, 15) is 4.57 Å². The van der Waals surface area contributed by atoms with Gasteiger partial charge in [0.1, 0.15) is 0 Å². The minimum Gasteiger partial charge on any atom is -0.477 e. The first-order valence-electron chi connectivity index (χ1n) is 5.36. The van der Waals surface area contributed by atoms with Crippen molar-refractivity contribution in [3.63, 3.8) is 0 Å². The Balaban J connectivity index is 3.12. The zero-order valence-corrected chi connectivity index (χ0v) is 11.8. The Morgan fingerprint density at radius 3 is 2.29 bits per heavy atom. The van der Waals surface area contributed by atoms with Gasteiger partial charge in [-0.25, -0.2) is 0 Å². The molecule has 0 aliphatic heterocycles. The SMILES string of the molecule is CCOc1nc(N)sc1P(=O)(OCC)OCC. The molecule has 0 aliphatic rings. The van der Waals surface area contributed by atoms with E-state index < -0.39 is 7.60 Å². The van der Waals surface area contributed by atoms with Crippen LogP contribution in [0.2, 0.25) is 0 Å². The maximum Gasteiger partial charge on any atom is 0.376 e. The topological polar surface area (TPSA) is 83.7 Å². The molecule has 0 saturated heterocycles. The number of aromatic nitrogens is 1. The van der Waals surface area contributed by atoms with Crippen LogP contribution in [0.1, 0.15) is 20.8 Å². The predicted octanol–water partition coefficient (Wildman–Crippen LogP) is 2.02. The standard InChI is InChI=1S/C9H17N2O4PS/c1-4-13-7-8(17-9(10)11-7)16(12,14-5-2)15-6-3/h4-6H2,1-3H3,(H2,10,11). The highest BCUT2D eigenvalue weighted by atomic mass is 32.1. The first-order valence-corrected chi connectivity index (χ1v) is 7.72. The fourth-order valence-electron chi connectivity index (χ4n) is 1.21. The van der Waals surface area contributed by atoms with Crippen molar-refractivity contribution in [1.82, 2.24) is 4.98 Å². The molecule has 0 aliphatic carbocycles. The minimum absolute atomic E-state index is 0.236. The predicted molar refractivity (Wildman–Crippen MR) is 68.2 cm³/mol. The van der Waals surface area contributed by atoms with Gasteiger partial charge in [0.05, 0.1) is 19.8 Å². The summed E-state index contributed by atoms with van der Waals surface area (Å²) in [6.07, 6.45) is 0. The van der Waals surface area contributed by atoms with Gasteiger partial charge < -0.3 is 19.5 Å². The molecule has 0 fully saturated rings. The lowest BCUT2D eigenvalue weighted by molar-refractivity contribution is 0.229. The van der Waals surface area contributed by atoms with Crippen molar-refractivity contribution in [2.45, 2.75) is 20.8 Å². The second-order valence-corrected chi connectivity index (χ2v) is 6.22. The number of rotatable bonds is 7. The summed E-state index contributed by atoms with van der Waals surface area (Å²) < 4.78 is 28.6. The summed E-state index contributed by atoms with van der Waals surface area (Å²) in [6.45, 7) is 6.27. The van der Waals surface area contributed by atoms with Gasteiger partial charge in [0.25, 0.3) is 0 Å². The molecule has 0 saturated carbocycles. The molecule has 0 unspecified atom stereocenters. The summed E-state index contributed by atoms with van der Waals surface area (Å²) in [5.41, 5.74) is 5.59. The van der Waals surface area contributed by atoms with Crippen molar-refractivity contribution in [3.8, 4) is 5.88 Å². The summed E-state index contributed by atoms with van der Waals surface area (Å²) >= 11 is 1.07. The van der Waals surface area contributed by atoms with Crippen molar-refractivity contribution in [2.75, 3.05) is 25.6 Å². The number of nitrogens with two attached hydrogens (primary N) is 1. The number of ether oxygens (including phenoxy) is 1. The van der Waals surface area contributed by atoms with E-state index in [0.717, 1.165) is 11.3 Å². The Labute approximate surface area is 105 Å². The van der Waals surface area contributed by atoms with Crippen molar-refractivity contribution < 1.29 is 18.3 Å². The van der Waals surface area contributed by atoms with Gasteiger partial charge in [-0.3, -0.25) is 4.57 Å². The molecule has 2 N–H and O–H groups in total. The lowest BCUT2D eigenvalue weighted by Crippen LogP contribution is -2.11. The van der Waals surface area contributed by atoms with Gasteiger partial charge in [-0.2, -0.15) is 4.98 Å². The normalized spacial score (nSPS) is 11.7. The van der Waals surface area contributed by atoms with E-state index in [-0.39, 0.29) is 24.2 Å². The van der Waals surface area contributed by atoms with Crippen molar-refractivity contribution >= 4 is 28.7 Å². The summed E-state index contributed by atoms with van der Waals surface area (Å²) in [5.74, 6) is 0.236.